The van der Waals surface area contributed by atoms with Gasteiger partial charge >= 0.3 is 6.09 Å². The van der Waals surface area contributed by atoms with Crippen LogP contribution in [0.5, 0.6) is 0 Å². The summed E-state index contributed by atoms with van der Waals surface area (Å²) in [6, 6.07) is 16.0. The van der Waals surface area contributed by atoms with Gasteiger partial charge in [0.05, 0.1) is 6.61 Å². The highest BCUT2D eigenvalue weighted by Gasteiger charge is 2.39. The summed E-state index contributed by atoms with van der Waals surface area (Å²) in [5.41, 5.74) is 3.17. The monoisotopic (exact) mass is 450 g/mol. The van der Waals surface area contributed by atoms with E-state index in [0.717, 1.165) is 42.4 Å². The van der Waals surface area contributed by atoms with Crippen molar-refractivity contribution in [3.05, 3.63) is 59.7 Å². The molecule has 1 N–H and O–H groups in total. The highest BCUT2D eigenvalue weighted by Crippen LogP contribution is 2.34. The van der Waals surface area contributed by atoms with E-state index in [2.05, 4.69) is 4.90 Å². The fourth-order valence-electron chi connectivity index (χ4n) is 4.39. The molecule has 0 aromatic heterocycles. The highest BCUT2D eigenvalue weighted by molar-refractivity contribution is 5.95. The van der Waals surface area contributed by atoms with Crippen molar-refractivity contribution in [2.45, 2.75) is 70.7 Å². The number of aliphatic hydroxyl groups is 1. The van der Waals surface area contributed by atoms with Gasteiger partial charge in [0.15, 0.2) is 0 Å². The zero-order valence-corrected chi connectivity index (χ0v) is 19.8. The third-order valence-corrected chi connectivity index (χ3v) is 6.29. The molecule has 0 atom stereocenters. The van der Waals surface area contributed by atoms with E-state index in [9.17, 15) is 14.7 Å². The van der Waals surface area contributed by atoms with Crippen LogP contribution in [0.2, 0.25) is 0 Å². The summed E-state index contributed by atoms with van der Waals surface area (Å²) >= 11 is 0. The summed E-state index contributed by atoms with van der Waals surface area (Å²) in [6.07, 6.45) is 3.38. The number of benzene rings is 2. The van der Waals surface area contributed by atoms with E-state index < -0.39 is 5.60 Å². The average Bonchev–Trinajstić information content (AvgIpc) is 3.64. The quantitative estimate of drug-likeness (QED) is 0.707. The van der Waals surface area contributed by atoms with Crippen molar-refractivity contribution in [2.24, 2.45) is 0 Å². The van der Waals surface area contributed by atoms with Crippen LogP contribution < -0.4 is 0 Å². The van der Waals surface area contributed by atoms with Gasteiger partial charge in [-0.05, 0) is 75.3 Å². The zero-order valence-electron chi connectivity index (χ0n) is 19.8. The molecule has 2 fully saturated rings. The van der Waals surface area contributed by atoms with E-state index in [1.807, 2.05) is 69.3 Å². The normalized spacial score (nSPS) is 17.0. The lowest BCUT2D eigenvalue weighted by atomic mass is 10.00. The predicted molar refractivity (Wildman–Crippen MR) is 128 cm³/mol. The maximum atomic E-state index is 13.5. The first-order valence-electron chi connectivity index (χ1n) is 11.9. The predicted octanol–water partition coefficient (Wildman–Crippen LogP) is 4.85. The van der Waals surface area contributed by atoms with Crippen LogP contribution in [-0.2, 0) is 11.3 Å². The molecule has 1 saturated carbocycles. The van der Waals surface area contributed by atoms with E-state index in [-0.39, 0.29) is 24.6 Å². The molecule has 0 spiro atoms. The van der Waals surface area contributed by atoms with Gasteiger partial charge in [-0.3, -0.25) is 4.79 Å². The third kappa shape index (κ3) is 5.74. The number of likely N-dealkylation sites (tertiary alicyclic amines) is 1. The van der Waals surface area contributed by atoms with Gasteiger partial charge in [-0.1, -0.05) is 36.4 Å². The molecule has 6 heteroatoms. The number of hydrogen-bond acceptors (Lipinski definition) is 4. The van der Waals surface area contributed by atoms with Gasteiger partial charge in [0, 0.05) is 30.7 Å². The number of ether oxygens (including phenoxy) is 1. The van der Waals surface area contributed by atoms with Crippen LogP contribution in [0, 0.1) is 0 Å². The summed E-state index contributed by atoms with van der Waals surface area (Å²) in [6.45, 7) is 6.88. The van der Waals surface area contributed by atoms with E-state index in [1.165, 1.54) is 0 Å². The Bertz CT molecular complexity index is 967. The minimum atomic E-state index is -0.503. The van der Waals surface area contributed by atoms with Crippen LogP contribution in [-0.4, -0.2) is 57.7 Å². The number of carbonyl (C=O) groups is 2. The van der Waals surface area contributed by atoms with Crippen molar-refractivity contribution in [3.63, 3.8) is 0 Å². The van der Waals surface area contributed by atoms with E-state index >= 15 is 0 Å². The van der Waals surface area contributed by atoms with Crippen LogP contribution in [0.3, 0.4) is 0 Å². The summed E-state index contributed by atoms with van der Waals surface area (Å²) < 4.78 is 5.50. The van der Waals surface area contributed by atoms with E-state index in [4.69, 9.17) is 4.74 Å². The molecule has 1 aliphatic carbocycles. The van der Waals surface area contributed by atoms with Gasteiger partial charge < -0.3 is 19.6 Å². The number of aliphatic hydroxyl groups excluding tert-OH is 1. The van der Waals surface area contributed by atoms with Gasteiger partial charge in [0.25, 0.3) is 5.91 Å². The second-order valence-electron chi connectivity index (χ2n) is 10.1. The van der Waals surface area contributed by atoms with Gasteiger partial charge in [-0.25, -0.2) is 4.79 Å². The van der Waals surface area contributed by atoms with Crippen LogP contribution >= 0.6 is 0 Å². The smallest absolute Gasteiger partial charge is 0.410 e. The molecule has 0 unspecified atom stereocenters. The Morgan fingerprint density at radius 1 is 0.909 bits per heavy atom. The Morgan fingerprint density at radius 2 is 1.42 bits per heavy atom. The number of hydrogen-bond donors (Lipinski definition) is 1. The fraction of sp³-hybridized carbons (Fsp3) is 0.481. The molecule has 0 radical (unpaired) electrons. The molecule has 0 bridgehead atoms. The Labute approximate surface area is 196 Å². The summed E-state index contributed by atoms with van der Waals surface area (Å²) in [4.78, 5) is 29.7. The molecule has 4 rings (SSSR count). The van der Waals surface area contributed by atoms with Gasteiger partial charge in [-0.15, -0.1) is 0 Å². The molecule has 2 aliphatic rings. The lowest BCUT2D eigenvalue weighted by Crippen LogP contribution is -2.50. The van der Waals surface area contributed by atoms with Crippen molar-refractivity contribution < 1.29 is 19.4 Å². The maximum absolute atomic E-state index is 13.5. The average molecular weight is 451 g/mol. The second-order valence-corrected chi connectivity index (χ2v) is 10.1. The Morgan fingerprint density at radius 3 is 1.91 bits per heavy atom. The van der Waals surface area contributed by atoms with Crippen LogP contribution in [0.15, 0.2) is 48.5 Å². The molecule has 176 valence electrons. The number of amides is 2. The van der Waals surface area contributed by atoms with Crippen molar-refractivity contribution in [2.75, 3.05) is 13.1 Å². The second kappa shape index (κ2) is 9.56. The Balaban J connectivity index is 1.41. The van der Waals surface area contributed by atoms with E-state index in [1.54, 1.807) is 4.90 Å². The largest absolute Gasteiger partial charge is 0.444 e. The summed E-state index contributed by atoms with van der Waals surface area (Å²) in [7, 11) is 0. The third-order valence-electron chi connectivity index (χ3n) is 6.29. The van der Waals surface area contributed by atoms with Crippen molar-refractivity contribution in [1.82, 2.24) is 9.80 Å². The van der Waals surface area contributed by atoms with Crippen molar-refractivity contribution >= 4 is 12.0 Å². The molecular formula is C27H34N2O4. The molecule has 6 nitrogen and oxygen atoms in total. The molecule has 1 aliphatic heterocycles. The molecule has 2 aromatic rings. The van der Waals surface area contributed by atoms with Gasteiger partial charge in [0.2, 0.25) is 0 Å². The first-order valence-corrected chi connectivity index (χ1v) is 11.9. The molecular weight excluding hydrogens is 416 g/mol. The molecule has 2 amide bonds. The Kier molecular flexibility index (Phi) is 6.75. The topological polar surface area (TPSA) is 70.1 Å². The first kappa shape index (κ1) is 23.3. The van der Waals surface area contributed by atoms with Crippen LogP contribution in [0.25, 0.3) is 11.1 Å². The van der Waals surface area contributed by atoms with Crippen molar-refractivity contribution in [1.29, 1.82) is 0 Å². The molecule has 1 heterocycles. The lowest BCUT2D eigenvalue weighted by molar-refractivity contribution is 0.0142. The van der Waals surface area contributed by atoms with Crippen LogP contribution in [0.4, 0.5) is 4.79 Å². The minimum Gasteiger partial charge on any atom is -0.444 e. The zero-order chi connectivity index (χ0) is 23.6. The Hall–Kier alpha value is -2.86. The van der Waals surface area contributed by atoms with Gasteiger partial charge in [0.1, 0.15) is 5.60 Å². The maximum Gasteiger partial charge on any atom is 0.410 e. The standard InChI is InChI=1S/C27H34N2O4/c1-27(2,3)33-26(32)28-16-14-24(15-17-28)29(23-12-13-23)25(31)22-10-8-21(9-11-22)20-6-4-19(18-30)5-7-20/h4-11,23-24,30H,12-18H2,1-3H3. The number of carbonyl (C=O) groups excluding carboxylic acids is 2. The number of piperidine rings is 1. The SMILES string of the molecule is CC(C)(C)OC(=O)N1CCC(N(C(=O)c2ccc(-c3ccc(CO)cc3)cc2)C2CC2)CC1. The molecule has 2 aromatic carbocycles. The number of rotatable bonds is 5. The molecule has 1 saturated heterocycles. The van der Waals surface area contributed by atoms with Crippen LogP contribution in [0.1, 0.15) is 62.4 Å². The lowest BCUT2D eigenvalue weighted by Gasteiger charge is -2.39. The minimum absolute atomic E-state index is 0.0292. The summed E-state index contributed by atoms with van der Waals surface area (Å²) in [5, 5.41) is 9.22. The van der Waals surface area contributed by atoms with E-state index in [0.29, 0.717) is 24.7 Å². The highest BCUT2D eigenvalue weighted by atomic mass is 16.6. The first-order chi connectivity index (χ1) is 15.7. The number of nitrogens with zero attached hydrogens (tertiary/aromatic N) is 2. The summed E-state index contributed by atoms with van der Waals surface area (Å²) in [5.74, 6) is 0.0791. The van der Waals surface area contributed by atoms with Crippen molar-refractivity contribution in [3.8, 4) is 11.1 Å². The molecule has 33 heavy (non-hydrogen) atoms. The van der Waals surface area contributed by atoms with Gasteiger partial charge in [-0.2, -0.15) is 0 Å². The fourth-order valence-corrected chi connectivity index (χ4v) is 4.39.